The van der Waals surface area contributed by atoms with E-state index in [1.54, 1.807) is 0 Å². The van der Waals surface area contributed by atoms with E-state index in [2.05, 4.69) is 246 Å². The van der Waals surface area contributed by atoms with Crippen LogP contribution in [0.1, 0.15) is 477 Å². The number of ether oxygens (including phenoxy) is 4. The first-order valence-corrected chi connectivity index (χ1v) is 57.8. The zero-order chi connectivity index (χ0) is 96.9. The summed E-state index contributed by atoms with van der Waals surface area (Å²) in [6.45, 7) is 17.9. The maximum atomic E-state index is 7.50. The van der Waals surface area contributed by atoms with Gasteiger partial charge in [-0.05, 0) is 162 Å². The Labute approximate surface area is 847 Å². The minimum atomic E-state index is -0.746. The summed E-state index contributed by atoms with van der Waals surface area (Å²) >= 11 is 0. The number of nitrogens with one attached hydrogen (secondary N) is 2. The number of aromatic nitrogens is 4. The highest BCUT2D eigenvalue weighted by Crippen LogP contribution is 2.54. The van der Waals surface area contributed by atoms with Gasteiger partial charge in [0.25, 0.3) is 11.6 Å². The van der Waals surface area contributed by atoms with Crippen LogP contribution in [0.3, 0.4) is 0 Å². The maximum absolute atomic E-state index is 7.50. The van der Waals surface area contributed by atoms with Gasteiger partial charge in [-0.1, -0.05) is 503 Å². The Morgan fingerprint density at radius 2 is 0.486 bits per heavy atom. The molecule has 0 saturated carbocycles. The van der Waals surface area contributed by atoms with Crippen molar-refractivity contribution >= 4 is 86.1 Å². The molecule has 0 fully saturated rings. The molecule has 0 atom stereocenters. The molecule has 4 aliphatic heterocycles. The molecule has 14 rings (SSSR count). The van der Waals surface area contributed by atoms with Crippen molar-refractivity contribution in [2.24, 2.45) is 0 Å². The van der Waals surface area contributed by atoms with Crippen LogP contribution < -0.4 is 18.9 Å². The van der Waals surface area contributed by atoms with Crippen LogP contribution in [0.15, 0.2) is 158 Å². The Bertz CT molecular complexity index is 5640. The molecule has 140 heavy (non-hydrogen) atoms. The van der Waals surface area contributed by atoms with Gasteiger partial charge in [-0.2, -0.15) is 0 Å². The van der Waals surface area contributed by atoms with Gasteiger partial charge in [-0.25, -0.2) is 9.97 Å². The molecule has 0 saturated heterocycles. The Hall–Kier alpha value is -9.66. The first-order valence-electron chi connectivity index (χ1n) is 57.8. The SMILES string of the molecule is C=Cc1ccc(/C=C/c2ccc3c4cc5nc(cc6[nH]c(cc7nc(cc([nH]4)c3c2)-c2cc3c(cc2-7)OC(CCCCCCCCCCCCC)(CCCCCCCCCCCCC)O3)c2cc(/C=C/c3ccc(/C=C/c4cc(CCCCCCCC)ccc4CCCCCCCC)cc3)ccc62)-c2cc3c(cc2-5)OC(CCCCCCCCCCCCC)(CCCCCCCCCCCCC)O3)cc1. The molecule has 8 heteroatoms. The fraction of sp³-hybridized carbons (Fsp3) is 0.530. The van der Waals surface area contributed by atoms with Crippen LogP contribution >= 0.6 is 0 Å². The zero-order valence-corrected chi connectivity index (χ0v) is 88.1. The second-order valence-electron chi connectivity index (χ2n) is 42.5. The number of aromatic amines is 2. The van der Waals surface area contributed by atoms with Gasteiger partial charge in [0.1, 0.15) is 0 Å². The lowest BCUT2D eigenvalue weighted by Gasteiger charge is -2.28. The van der Waals surface area contributed by atoms with Crippen molar-refractivity contribution in [3.63, 3.8) is 0 Å². The summed E-state index contributed by atoms with van der Waals surface area (Å²) in [7, 11) is 0. The minimum absolute atomic E-state index is 0.738. The summed E-state index contributed by atoms with van der Waals surface area (Å²) in [4.78, 5) is 19.8. The molecule has 0 radical (unpaired) electrons. The first kappa shape index (κ1) is 106. The van der Waals surface area contributed by atoms with Crippen LogP contribution in [-0.2, 0) is 12.8 Å². The average molecular weight is 1880 g/mol. The maximum Gasteiger partial charge on any atom is 0.251 e. The lowest BCUT2D eigenvalue weighted by molar-refractivity contribution is -0.0953. The van der Waals surface area contributed by atoms with Gasteiger partial charge in [-0.3, -0.25) is 0 Å². The third-order valence-corrected chi connectivity index (χ3v) is 30.8. The summed E-state index contributed by atoms with van der Waals surface area (Å²) in [6.07, 6.45) is 94.2. The summed E-state index contributed by atoms with van der Waals surface area (Å²) < 4.78 is 29.9. The molecule has 0 spiro atoms. The van der Waals surface area contributed by atoms with E-state index in [0.717, 1.165) is 204 Å². The van der Waals surface area contributed by atoms with Crippen LogP contribution in [0.4, 0.5) is 0 Å². The van der Waals surface area contributed by atoms with E-state index >= 15 is 0 Å². The van der Waals surface area contributed by atoms with E-state index in [1.807, 2.05) is 6.08 Å². The number of rotatable bonds is 69. The largest absolute Gasteiger partial charge is 0.448 e. The highest BCUT2D eigenvalue weighted by molar-refractivity contribution is 6.11. The number of aryl methyl sites for hydroxylation is 2. The predicted octanol–water partition coefficient (Wildman–Crippen LogP) is 42.0. The molecular weight excluding hydrogens is 1710 g/mol. The molecule has 4 aliphatic rings. The van der Waals surface area contributed by atoms with Crippen LogP contribution in [0.2, 0.25) is 0 Å². The van der Waals surface area contributed by atoms with Gasteiger partial charge in [0, 0.05) is 91.5 Å². The molecule has 0 amide bonds. The van der Waals surface area contributed by atoms with E-state index in [9.17, 15) is 0 Å². The van der Waals surface area contributed by atoms with Crippen molar-refractivity contribution in [1.29, 1.82) is 0 Å². The van der Waals surface area contributed by atoms with Gasteiger partial charge < -0.3 is 28.9 Å². The lowest BCUT2D eigenvalue weighted by Crippen LogP contribution is -2.38. The van der Waals surface area contributed by atoms with Crippen molar-refractivity contribution in [1.82, 2.24) is 19.9 Å². The highest BCUT2D eigenvalue weighted by atomic mass is 16.7. The molecule has 7 aromatic carbocycles. The van der Waals surface area contributed by atoms with E-state index in [1.165, 1.54) is 356 Å². The Morgan fingerprint density at radius 3 is 0.786 bits per heavy atom. The lowest BCUT2D eigenvalue weighted by atomic mass is 9.95. The Kier molecular flexibility index (Phi) is 44.1. The Balaban J connectivity index is 0.844. The third-order valence-electron chi connectivity index (χ3n) is 30.8. The predicted molar refractivity (Wildman–Crippen MR) is 608 cm³/mol. The number of hydrogen-bond donors (Lipinski definition) is 2. The molecule has 7 heterocycles. The molecule has 2 N–H and O–H groups in total. The number of fused-ring (bicyclic) bond motifs is 22. The van der Waals surface area contributed by atoms with Crippen LogP contribution in [0.25, 0.3) is 131 Å². The van der Waals surface area contributed by atoms with Crippen LogP contribution in [0, 0.1) is 0 Å². The second kappa shape index (κ2) is 58.2. The molecule has 8 nitrogen and oxygen atoms in total. The fourth-order valence-electron chi connectivity index (χ4n) is 22.2. The average Bonchev–Trinajstić information content (AvgIpc) is 1.59. The molecular formula is C132H178N4O4. The van der Waals surface area contributed by atoms with Crippen LogP contribution in [-0.4, -0.2) is 31.5 Å². The smallest absolute Gasteiger partial charge is 0.251 e. The standard InChI is InChI=1S/C132H178N4O4/c1-8-15-21-27-33-37-41-45-49-55-61-87-131(88-62-56-50-46-42-38-34-28-22-16-9-2)137-127-94-115-116(95-128(127)138-131)124-99-120-112-86-82-108(78-76-104-71-73-105(74-72-104)79-84-110-91-106(65-59-53-31-25-19-12-5)80-83-109(110)66-60-54-32-26-20-13-6)93-114(112)122(134-120)101-126-118-97-130-129(139-132(140-130,89-63-57-51-47-43-39-35-29-23-17-10-3)90-64-58-52-48-44-40-36-30-24-18-11-4)96-117(118)125(136-126)100-121-113-92-107(77-75-103-69-67-102(14-7)68-70-103)81-85-111(113)119(133-121)98-123(115)135-124/h14,67-86,91-101,133-134H,7-13,15-66,87-90H2,1-6H3/b77-75+,78-76+,84-79+,119-98?,120-99?,121-100?,122-101?,123-98?,124-99?,125-100?,126-101?. The zero-order valence-electron chi connectivity index (χ0n) is 88.1. The van der Waals surface area contributed by atoms with Crippen molar-refractivity contribution in [3.8, 4) is 68.0 Å². The van der Waals surface area contributed by atoms with Crippen molar-refractivity contribution in [2.75, 3.05) is 0 Å². The summed E-state index contributed by atoms with van der Waals surface area (Å²) in [6, 6.07) is 57.3. The van der Waals surface area contributed by atoms with Crippen LogP contribution in [0.5, 0.6) is 23.0 Å². The monoisotopic (exact) mass is 1880 g/mol. The first-order chi connectivity index (χ1) is 69.0. The molecule has 0 aliphatic carbocycles. The van der Waals surface area contributed by atoms with Gasteiger partial charge in [0.2, 0.25) is 0 Å². The number of hydrogen-bond acceptors (Lipinski definition) is 6. The minimum Gasteiger partial charge on any atom is -0.448 e. The van der Waals surface area contributed by atoms with Gasteiger partial charge in [0.05, 0.1) is 22.8 Å². The topological polar surface area (TPSA) is 94.3 Å². The van der Waals surface area contributed by atoms with E-state index in [0.29, 0.717) is 0 Å². The quantitative estimate of drug-likeness (QED) is 0.0291. The van der Waals surface area contributed by atoms with Gasteiger partial charge >= 0.3 is 0 Å². The van der Waals surface area contributed by atoms with E-state index in [-0.39, 0.29) is 0 Å². The normalized spacial score (nSPS) is 13.4. The number of nitrogens with zero attached hydrogens (tertiary/aromatic N) is 2. The summed E-state index contributed by atoms with van der Waals surface area (Å²) in [5.41, 5.74) is 22.6. The molecule has 3 aromatic heterocycles. The molecule has 10 aromatic rings. The fourth-order valence-corrected chi connectivity index (χ4v) is 22.2. The number of unbranched alkanes of at least 4 members (excludes halogenated alkanes) is 50. The highest BCUT2D eigenvalue weighted by Gasteiger charge is 2.44. The molecule has 750 valence electrons. The summed E-state index contributed by atoms with van der Waals surface area (Å²) in [5.74, 6) is 1.76. The van der Waals surface area contributed by atoms with Crippen molar-refractivity contribution in [3.05, 3.63) is 208 Å². The van der Waals surface area contributed by atoms with Gasteiger partial charge in [0.15, 0.2) is 23.0 Å². The second-order valence-corrected chi connectivity index (χ2v) is 42.5. The number of H-pyrrole nitrogens is 2. The van der Waals surface area contributed by atoms with Crippen molar-refractivity contribution in [2.45, 2.75) is 451 Å². The number of benzene rings is 7. The van der Waals surface area contributed by atoms with Crippen molar-refractivity contribution < 1.29 is 18.9 Å². The van der Waals surface area contributed by atoms with E-state index in [4.69, 9.17) is 28.9 Å². The molecule has 8 bridgehead atoms. The summed E-state index contributed by atoms with van der Waals surface area (Å²) in [5, 5.41) is 4.39. The molecule has 0 unspecified atom stereocenters. The third kappa shape index (κ3) is 32.2. The Morgan fingerprint density at radius 1 is 0.236 bits per heavy atom. The van der Waals surface area contributed by atoms with Gasteiger partial charge in [-0.15, -0.1) is 0 Å². The van der Waals surface area contributed by atoms with E-state index < -0.39 is 11.6 Å².